The van der Waals surface area contributed by atoms with Gasteiger partial charge in [0.15, 0.2) is 0 Å². The summed E-state index contributed by atoms with van der Waals surface area (Å²) in [6, 6.07) is 17.6. The Bertz CT molecular complexity index is 892. The molecular formula is C21H24N4O3. The number of rotatable bonds is 9. The van der Waals surface area contributed by atoms with Crippen molar-refractivity contribution in [1.82, 2.24) is 20.3 Å². The van der Waals surface area contributed by atoms with Gasteiger partial charge in [0.05, 0.1) is 37.3 Å². The number of hydrogen-bond donors (Lipinski definition) is 1. The van der Waals surface area contributed by atoms with Crippen LogP contribution in [0.1, 0.15) is 17.0 Å². The number of benzene rings is 2. The average Bonchev–Trinajstić information content (AvgIpc) is 3.10. The van der Waals surface area contributed by atoms with Crippen LogP contribution in [0.4, 0.5) is 0 Å². The van der Waals surface area contributed by atoms with E-state index in [1.54, 1.807) is 4.80 Å². The first-order valence-corrected chi connectivity index (χ1v) is 9.13. The number of esters is 1. The van der Waals surface area contributed by atoms with Crippen molar-refractivity contribution < 1.29 is 14.3 Å². The fourth-order valence-corrected chi connectivity index (χ4v) is 2.67. The second-order valence-electron chi connectivity index (χ2n) is 6.28. The average molecular weight is 380 g/mol. The van der Waals surface area contributed by atoms with E-state index in [0.717, 1.165) is 28.4 Å². The van der Waals surface area contributed by atoms with Crippen LogP contribution in [0.3, 0.4) is 0 Å². The molecule has 7 heteroatoms. The Morgan fingerprint density at radius 2 is 1.82 bits per heavy atom. The Labute approximate surface area is 164 Å². The molecule has 0 radical (unpaired) electrons. The summed E-state index contributed by atoms with van der Waals surface area (Å²) in [5.41, 5.74) is 3.83. The zero-order valence-corrected chi connectivity index (χ0v) is 16.1. The maximum absolute atomic E-state index is 11.1. The van der Waals surface area contributed by atoms with E-state index in [1.165, 1.54) is 7.11 Å². The predicted octanol–water partition coefficient (Wildman–Crippen LogP) is 2.46. The van der Waals surface area contributed by atoms with E-state index < -0.39 is 0 Å². The fraction of sp³-hybridized carbons (Fsp3) is 0.286. The van der Waals surface area contributed by atoms with Crippen molar-refractivity contribution in [3.63, 3.8) is 0 Å². The third-order valence-electron chi connectivity index (χ3n) is 4.22. The predicted molar refractivity (Wildman–Crippen MR) is 105 cm³/mol. The molecule has 2 aromatic carbocycles. The van der Waals surface area contributed by atoms with Gasteiger partial charge in [-0.25, -0.2) is 0 Å². The van der Waals surface area contributed by atoms with Gasteiger partial charge in [-0.15, -0.1) is 0 Å². The molecule has 0 unspecified atom stereocenters. The number of para-hydroxylation sites is 1. The van der Waals surface area contributed by atoms with Gasteiger partial charge in [-0.1, -0.05) is 30.3 Å². The summed E-state index contributed by atoms with van der Waals surface area (Å²) in [6.45, 7) is 3.26. The molecule has 0 bridgehead atoms. The molecule has 1 heterocycles. The zero-order valence-electron chi connectivity index (χ0n) is 16.1. The first-order chi connectivity index (χ1) is 13.7. The molecule has 0 aliphatic heterocycles. The normalized spacial score (nSPS) is 10.6. The molecule has 1 aromatic heterocycles. The first-order valence-electron chi connectivity index (χ1n) is 9.13. The Balaban J connectivity index is 1.47. The molecule has 7 nitrogen and oxygen atoms in total. The minimum Gasteiger partial charge on any atom is -0.493 e. The first kappa shape index (κ1) is 19.6. The number of nitrogens with zero attached hydrogens (tertiary/aromatic N) is 3. The van der Waals surface area contributed by atoms with Gasteiger partial charge in [-0.05, 0) is 36.8 Å². The Hall–Kier alpha value is -3.19. The number of hydrogen-bond acceptors (Lipinski definition) is 6. The van der Waals surface area contributed by atoms with Crippen LogP contribution < -0.4 is 10.1 Å². The highest BCUT2D eigenvalue weighted by molar-refractivity contribution is 5.71. The molecule has 1 N–H and O–H groups in total. The second kappa shape index (κ2) is 9.66. The molecule has 0 spiro atoms. The van der Waals surface area contributed by atoms with E-state index in [4.69, 9.17) is 4.74 Å². The molecule has 0 aliphatic carbocycles. The lowest BCUT2D eigenvalue weighted by Gasteiger charge is -2.07. The van der Waals surface area contributed by atoms with Crippen molar-refractivity contribution >= 4 is 5.97 Å². The number of ether oxygens (including phenoxy) is 2. The number of aryl methyl sites for hydroxylation is 1. The van der Waals surface area contributed by atoms with Crippen LogP contribution in [0.15, 0.2) is 54.6 Å². The third kappa shape index (κ3) is 5.40. The standard InChI is InChI=1S/C21H24N4O3/c1-16-20(24-25(23-16)18-6-4-3-5-7-18)12-13-28-19-10-8-17(9-11-19)14-22-15-21(26)27-2/h3-11,22H,12-15H2,1-2H3. The molecule has 0 fully saturated rings. The quantitative estimate of drug-likeness (QED) is 0.575. The molecular weight excluding hydrogens is 356 g/mol. The van der Waals surface area contributed by atoms with Crippen LogP contribution in [0.5, 0.6) is 5.75 Å². The summed E-state index contributed by atoms with van der Waals surface area (Å²) in [5, 5.41) is 12.1. The topological polar surface area (TPSA) is 78.3 Å². The van der Waals surface area contributed by atoms with Gasteiger partial charge in [-0.3, -0.25) is 4.79 Å². The van der Waals surface area contributed by atoms with Gasteiger partial charge in [0.2, 0.25) is 0 Å². The van der Waals surface area contributed by atoms with E-state index >= 15 is 0 Å². The molecule has 146 valence electrons. The third-order valence-corrected chi connectivity index (χ3v) is 4.22. The van der Waals surface area contributed by atoms with Gasteiger partial charge in [0.1, 0.15) is 5.75 Å². The molecule has 0 atom stereocenters. The monoisotopic (exact) mass is 380 g/mol. The van der Waals surface area contributed by atoms with Crippen LogP contribution in [0.25, 0.3) is 5.69 Å². The molecule has 3 rings (SSSR count). The van der Waals surface area contributed by atoms with E-state index in [0.29, 0.717) is 19.6 Å². The van der Waals surface area contributed by atoms with Crippen LogP contribution >= 0.6 is 0 Å². The SMILES string of the molecule is COC(=O)CNCc1ccc(OCCc2nn(-c3ccccc3)nc2C)cc1. The van der Waals surface area contributed by atoms with Crippen LogP contribution in [-0.4, -0.2) is 41.2 Å². The summed E-state index contributed by atoms with van der Waals surface area (Å²) in [6.07, 6.45) is 0.682. The fourth-order valence-electron chi connectivity index (χ4n) is 2.67. The summed E-state index contributed by atoms with van der Waals surface area (Å²) in [5.74, 6) is 0.518. The Kier molecular flexibility index (Phi) is 6.75. The molecule has 0 amide bonds. The zero-order chi connectivity index (χ0) is 19.8. The van der Waals surface area contributed by atoms with Gasteiger partial charge in [0, 0.05) is 13.0 Å². The minimum atomic E-state index is -0.278. The molecule has 0 saturated carbocycles. The van der Waals surface area contributed by atoms with E-state index in [1.807, 2.05) is 61.5 Å². The summed E-state index contributed by atoms with van der Waals surface area (Å²) in [7, 11) is 1.37. The highest BCUT2D eigenvalue weighted by atomic mass is 16.5. The van der Waals surface area contributed by atoms with Gasteiger partial charge >= 0.3 is 5.97 Å². The van der Waals surface area contributed by atoms with Crippen LogP contribution in [0, 0.1) is 6.92 Å². The maximum atomic E-state index is 11.1. The van der Waals surface area contributed by atoms with E-state index in [2.05, 4.69) is 20.3 Å². The van der Waals surface area contributed by atoms with Gasteiger partial charge in [-0.2, -0.15) is 15.0 Å². The number of carbonyl (C=O) groups is 1. The smallest absolute Gasteiger partial charge is 0.319 e. The Morgan fingerprint density at radius 3 is 2.54 bits per heavy atom. The lowest BCUT2D eigenvalue weighted by Crippen LogP contribution is -2.23. The number of aromatic nitrogens is 3. The van der Waals surface area contributed by atoms with Crippen LogP contribution in [0.2, 0.25) is 0 Å². The number of carbonyl (C=O) groups excluding carboxylic acids is 1. The molecule has 3 aromatic rings. The van der Waals surface area contributed by atoms with Gasteiger partial charge in [0.25, 0.3) is 0 Å². The van der Waals surface area contributed by atoms with Crippen LogP contribution in [-0.2, 0) is 22.5 Å². The maximum Gasteiger partial charge on any atom is 0.319 e. The Morgan fingerprint density at radius 1 is 1.07 bits per heavy atom. The van der Waals surface area contributed by atoms with Crippen molar-refractivity contribution in [1.29, 1.82) is 0 Å². The van der Waals surface area contributed by atoms with Crippen molar-refractivity contribution in [3.8, 4) is 11.4 Å². The highest BCUT2D eigenvalue weighted by Crippen LogP contribution is 2.13. The lowest BCUT2D eigenvalue weighted by atomic mass is 10.2. The van der Waals surface area contributed by atoms with Gasteiger partial charge < -0.3 is 14.8 Å². The minimum absolute atomic E-state index is 0.192. The van der Waals surface area contributed by atoms with Crippen molar-refractivity contribution in [2.24, 2.45) is 0 Å². The summed E-state index contributed by atoms with van der Waals surface area (Å²) in [4.78, 5) is 12.7. The summed E-state index contributed by atoms with van der Waals surface area (Å²) >= 11 is 0. The number of methoxy groups -OCH3 is 1. The van der Waals surface area contributed by atoms with Crippen molar-refractivity contribution in [3.05, 3.63) is 71.5 Å². The second-order valence-corrected chi connectivity index (χ2v) is 6.28. The molecule has 0 aliphatic rings. The van der Waals surface area contributed by atoms with E-state index in [-0.39, 0.29) is 12.5 Å². The molecule has 0 saturated heterocycles. The highest BCUT2D eigenvalue weighted by Gasteiger charge is 2.08. The number of nitrogens with one attached hydrogen (secondary N) is 1. The largest absolute Gasteiger partial charge is 0.493 e. The molecule has 28 heavy (non-hydrogen) atoms. The lowest BCUT2D eigenvalue weighted by molar-refractivity contribution is -0.139. The summed E-state index contributed by atoms with van der Waals surface area (Å²) < 4.78 is 10.4. The van der Waals surface area contributed by atoms with Crippen molar-refractivity contribution in [2.45, 2.75) is 19.9 Å². The van der Waals surface area contributed by atoms with E-state index in [9.17, 15) is 4.79 Å². The van der Waals surface area contributed by atoms with Crippen molar-refractivity contribution in [2.75, 3.05) is 20.3 Å².